The summed E-state index contributed by atoms with van der Waals surface area (Å²) in [6.45, 7) is 9.37. The van der Waals surface area contributed by atoms with E-state index in [1.165, 1.54) is 167 Å². The number of hydrogen-bond acceptors (Lipinski definition) is 0. The van der Waals surface area contributed by atoms with Gasteiger partial charge in [-0.2, -0.15) is 0 Å². The zero-order chi connectivity index (χ0) is 24.5. The van der Waals surface area contributed by atoms with Gasteiger partial charge in [0.1, 0.15) is 12.4 Å². The summed E-state index contributed by atoms with van der Waals surface area (Å²) in [5, 5.41) is 0. The number of nitrogens with zero attached hydrogens (tertiary/aromatic N) is 2. The Balaban J connectivity index is 2.11. The molecule has 0 aliphatic heterocycles. The van der Waals surface area contributed by atoms with E-state index in [1.54, 1.807) is 5.82 Å². The summed E-state index contributed by atoms with van der Waals surface area (Å²) in [6.07, 6.45) is 38.5. The quantitative estimate of drug-likeness (QED) is 0.0930. The van der Waals surface area contributed by atoms with Crippen LogP contribution < -0.4 is 4.57 Å². The van der Waals surface area contributed by atoms with Crippen LogP contribution in [0.2, 0.25) is 0 Å². The maximum Gasteiger partial charge on any atom is 0.256 e. The van der Waals surface area contributed by atoms with Crippen molar-refractivity contribution in [2.75, 3.05) is 0 Å². The molecule has 0 unspecified atom stereocenters. The summed E-state index contributed by atoms with van der Waals surface area (Å²) in [7, 11) is 0. The molecule has 1 aromatic rings. The molecule has 0 atom stereocenters. The van der Waals surface area contributed by atoms with E-state index in [0.29, 0.717) is 0 Å². The standard InChI is InChI=1S/C32H63N2/c1-4-7-10-12-13-14-15-16-17-18-19-20-21-23-26-29-34-31-30-33(28-25-22-11-8-5-2)32(34)27-24-9-6-3/h30-31H,4-29H2,1-3H3/q+1. The zero-order valence-electron chi connectivity index (χ0n) is 23.9. The SMILES string of the molecule is CCCCCCCCCCCCCCCCCn1cc[n+](CCCCCCC)c1CCCCC. The third-order valence-corrected chi connectivity index (χ3v) is 7.60. The van der Waals surface area contributed by atoms with Gasteiger partial charge in [0.15, 0.2) is 0 Å². The number of rotatable bonds is 26. The second kappa shape index (κ2) is 23.9. The van der Waals surface area contributed by atoms with E-state index in [9.17, 15) is 0 Å². The lowest BCUT2D eigenvalue weighted by atomic mass is 10.0. The topological polar surface area (TPSA) is 8.81 Å². The molecule has 0 aliphatic rings. The Bertz CT molecular complexity index is 533. The lowest BCUT2D eigenvalue weighted by molar-refractivity contribution is -0.704. The number of hydrogen-bond donors (Lipinski definition) is 0. The van der Waals surface area contributed by atoms with Crippen molar-refractivity contribution in [1.29, 1.82) is 0 Å². The summed E-state index contributed by atoms with van der Waals surface area (Å²) in [4.78, 5) is 0. The highest BCUT2D eigenvalue weighted by Gasteiger charge is 2.16. The van der Waals surface area contributed by atoms with E-state index in [4.69, 9.17) is 0 Å². The molecule has 200 valence electrons. The molecule has 0 radical (unpaired) electrons. The van der Waals surface area contributed by atoms with Crippen molar-refractivity contribution in [1.82, 2.24) is 4.57 Å². The average molecular weight is 476 g/mol. The molecule has 34 heavy (non-hydrogen) atoms. The zero-order valence-corrected chi connectivity index (χ0v) is 23.9. The third kappa shape index (κ3) is 16.8. The van der Waals surface area contributed by atoms with Gasteiger partial charge in [0.25, 0.3) is 5.82 Å². The maximum absolute atomic E-state index is 2.59. The maximum atomic E-state index is 2.59. The molecule has 0 spiro atoms. The molecule has 1 heterocycles. The normalized spacial score (nSPS) is 11.5. The Morgan fingerprint density at radius 3 is 1.41 bits per heavy atom. The van der Waals surface area contributed by atoms with Crippen LogP contribution in [0.3, 0.4) is 0 Å². The van der Waals surface area contributed by atoms with E-state index in [-0.39, 0.29) is 0 Å². The number of imidazole rings is 1. The first-order chi connectivity index (χ1) is 16.8. The molecule has 0 saturated carbocycles. The Morgan fingerprint density at radius 1 is 0.500 bits per heavy atom. The Kier molecular flexibility index (Phi) is 22.0. The molecule has 2 heteroatoms. The molecular weight excluding hydrogens is 412 g/mol. The number of aromatic nitrogens is 2. The number of aryl methyl sites for hydroxylation is 2. The highest BCUT2D eigenvalue weighted by Crippen LogP contribution is 2.14. The van der Waals surface area contributed by atoms with E-state index >= 15 is 0 Å². The van der Waals surface area contributed by atoms with Crippen LogP contribution in [-0.2, 0) is 19.5 Å². The van der Waals surface area contributed by atoms with Crippen LogP contribution in [0, 0.1) is 0 Å². The first-order valence-electron chi connectivity index (χ1n) is 15.9. The van der Waals surface area contributed by atoms with E-state index in [2.05, 4.69) is 42.3 Å². The van der Waals surface area contributed by atoms with Gasteiger partial charge < -0.3 is 0 Å². The molecule has 0 aromatic carbocycles. The highest BCUT2D eigenvalue weighted by atomic mass is 15.1. The molecule has 0 bridgehead atoms. The summed E-state index contributed by atoms with van der Waals surface area (Å²) in [5.41, 5.74) is 0. The Labute approximate surface area is 215 Å². The highest BCUT2D eigenvalue weighted by molar-refractivity contribution is 4.84. The van der Waals surface area contributed by atoms with Gasteiger partial charge in [-0.1, -0.05) is 136 Å². The fourth-order valence-electron chi connectivity index (χ4n) is 5.26. The Morgan fingerprint density at radius 2 is 0.912 bits per heavy atom. The molecule has 0 N–H and O–H groups in total. The van der Waals surface area contributed by atoms with Crippen molar-refractivity contribution >= 4 is 0 Å². The van der Waals surface area contributed by atoms with Gasteiger partial charge in [-0.3, -0.25) is 0 Å². The second-order valence-electron chi connectivity index (χ2n) is 10.9. The molecular formula is C32H63N2+. The van der Waals surface area contributed by atoms with Crippen molar-refractivity contribution in [3.63, 3.8) is 0 Å². The van der Waals surface area contributed by atoms with E-state index in [0.717, 1.165) is 0 Å². The predicted molar refractivity (Wildman–Crippen MR) is 152 cm³/mol. The molecule has 0 aliphatic carbocycles. The molecule has 0 saturated heterocycles. The fourth-order valence-corrected chi connectivity index (χ4v) is 5.26. The molecule has 1 rings (SSSR count). The minimum absolute atomic E-state index is 1.22. The molecule has 0 fully saturated rings. The number of unbranched alkanes of at least 4 members (excludes halogenated alkanes) is 20. The first kappa shape index (κ1) is 31.2. The van der Waals surface area contributed by atoms with Gasteiger partial charge in [-0.25, -0.2) is 9.13 Å². The van der Waals surface area contributed by atoms with Crippen LogP contribution in [0.5, 0.6) is 0 Å². The Hall–Kier alpha value is -0.790. The smallest absolute Gasteiger partial charge is 0.234 e. The lowest BCUT2D eigenvalue weighted by Crippen LogP contribution is -2.37. The second-order valence-corrected chi connectivity index (χ2v) is 10.9. The summed E-state index contributed by atoms with van der Waals surface area (Å²) >= 11 is 0. The van der Waals surface area contributed by atoms with Gasteiger partial charge in [-0.05, 0) is 32.1 Å². The van der Waals surface area contributed by atoms with Crippen LogP contribution in [0.1, 0.15) is 174 Å². The van der Waals surface area contributed by atoms with E-state index in [1.807, 2.05) is 0 Å². The molecule has 0 amide bonds. The average Bonchev–Trinajstić information content (AvgIpc) is 3.23. The molecule has 2 nitrogen and oxygen atoms in total. The monoisotopic (exact) mass is 475 g/mol. The minimum atomic E-state index is 1.22. The summed E-state index contributed by atoms with van der Waals surface area (Å²) < 4.78 is 5.16. The van der Waals surface area contributed by atoms with Crippen LogP contribution in [-0.4, -0.2) is 4.57 Å². The van der Waals surface area contributed by atoms with Crippen molar-refractivity contribution in [2.24, 2.45) is 0 Å². The fraction of sp³-hybridized carbons (Fsp3) is 0.906. The van der Waals surface area contributed by atoms with Crippen LogP contribution in [0.4, 0.5) is 0 Å². The van der Waals surface area contributed by atoms with Crippen LogP contribution >= 0.6 is 0 Å². The van der Waals surface area contributed by atoms with Crippen molar-refractivity contribution in [2.45, 2.75) is 188 Å². The van der Waals surface area contributed by atoms with Crippen molar-refractivity contribution in [3.05, 3.63) is 18.2 Å². The van der Waals surface area contributed by atoms with E-state index < -0.39 is 0 Å². The lowest BCUT2D eigenvalue weighted by Gasteiger charge is -2.06. The van der Waals surface area contributed by atoms with Crippen molar-refractivity contribution < 1.29 is 4.57 Å². The minimum Gasteiger partial charge on any atom is -0.234 e. The van der Waals surface area contributed by atoms with Crippen molar-refractivity contribution in [3.8, 4) is 0 Å². The molecule has 1 aromatic heterocycles. The summed E-state index contributed by atoms with van der Waals surface area (Å²) in [6, 6.07) is 0. The first-order valence-corrected chi connectivity index (χ1v) is 15.9. The largest absolute Gasteiger partial charge is 0.256 e. The van der Waals surface area contributed by atoms with Gasteiger partial charge >= 0.3 is 0 Å². The van der Waals surface area contributed by atoms with Gasteiger partial charge in [-0.15, -0.1) is 0 Å². The predicted octanol–water partition coefficient (Wildman–Crippen LogP) is 10.4. The van der Waals surface area contributed by atoms with Gasteiger partial charge in [0.2, 0.25) is 0 Å². The summed E-state index contributed by atoms with van der Waals surface area (Å²) in [5.74, 6) is 1.59. The van der Waals surface area contributed by atoms with Gasteiger partial charge in [0, 0.05) is 6.42 Å². The van der Waals surface area contributed by atoms with Crippen LogP contribution in [0.15, 0.2) is 12.4 Å². The van der Waals surface area contributed by atoms with Gasteiger partial charge in [0.05, 0.1) is 13.1 Å². The third-order valence-electron chi connectivity index (χ3n) is 7.60. The van der Waals surface area contributed by atoms with Crippen LogP contribution in [0.25, 0.3) is 0 Å².